The van der Waals surface area contributed by atoms with Crippen LogP contribution < -0.4 is 11.5 Å². The molecule has 0 heterocycles. The highest BCUT2D eigenvalue weighted by Crippen LogP contribution is 2.20. The predicted octanol–water partition coefficient (Wildman–Crippen LogP) is 0.0352. The van der Waals surface area contributed by atoms with E-state index in [9.17, 15) is 9.59 Å². The number of benzene rings is 1. The monoisotopic (exact) mass is 279 g/mol. The molecule has 0 aliphatic carbocycles. The Kier molecular flexibility index (Phi) is 6.14. The molecule has 0 aromatic heterocycles. The number of carbonyl (C=O) groups is 2. The predicted molar refractivity (Wildman–Crippen MR) is 75.6 cm³/mol. The molecule has 1 unspecified atom stereocenters. The number of ether oxygens (including phenoxy) is 1. The van der Waals surface area contributed by atoms with Gasteiger partial charge >= 0.3 is 0 Å². The number of nitrogens with zero attached hydrogens (tertiary/aromatic N) is 1. The Balaban J connectivity index is 2.94. The summed E-state index contributed by atoms with van der Waals surface area (Å²) in [6, 6.07) is 8.28. The molecule has 0 bridgehead atoms. The SMILES string of the molecule is COCC(N)C(=O)N(CC(N)=O)[C@H](C)c1ccccc1. The second-order valence-electron chi connectivity index (χ2n) is 4.58. The van der Waals surface area contributed by atoms with Crippen molar-refractivity contribution in [2.45, 2.75) is 19.0 Å². The van der Waals surface area contributed by atoms with Crippen molar-refractivity contribution in [2.75, 3.05) is 20.3 Å². The summed E-state index contributed by atoms with van der Waals surface area (Å²) >= 11 is 0. The maximum Gasteiger partial charge on any atom is 0.242 e. The van der Waals surface area contributed by atoms with Gasteiger partial charge in [0.1, 0.15) is 6.04 Å². The summed E-state index contributed by atoms with van der Waals surface area (Å²) in [6.07, 6.45) is 0. The summed E-state index contributed by atoms with van der Waals surface area (Å²) in [6.45, 7) is 1.75. The van der Waals surface area contributed by atoms with E-state index in [-0.39, 0.29) is 25.1 Å². The molecule has 0 saturated heterocycles. The molecule has 20 heavy (non-hydrogen) atoms. The lowest BCUT2D eigenvalue weighted by Crippen LogP contribution is -2.49. The zero-order valence-electron chi connectivity index (χ0n) is 11.8. The highest BCUT2D eigenvalue weighted by Gasteiger charge is 2.27. The summed E-state index contributed by atoms with van der Waals surface area (Å²) in [5.74, 6) is -0.937. The molecule has 110 valence electrons. The van der Waals surface area contributed by atoms with Gasteiger partial charge in [-0.15, -0.1) is 0 Å². The quantitative estimate of drug-likeness (QED) is 0.736. The maximum atomic E-state index is 12.3. The molecule has 1 aromatic rings. The van der Waals surface area contributed by atoms with Gasteiger partial charge in [0.2, 0.25) is 11.8 Å². The lowest BCUT2D eigenvalue weighted by Gasteiger charge is -2.30. The fraction of sp³-hybridized carbons (Fsp3) is 0.429. The molecule has 0 fully saturated rings. The van der Waals surface area contributed by atoms with E-state index in [1.165, 1.54) is 12.0 Å². The van der Waals surface area contributed by atoms with Crippen LogP contribution in [0.4, 0.5) is 0 Å². The van der Waals surface area contributed by atoms with Crippen molar-refractivity contribution in [2.24, 2.45) is 11.5 Å². The number of rotatable bonds is 7. The van der Waals surface area contributed by atoms with Gasteiger partial charge in [0.25, 0.3) is 0 Å². The Bertz CT molecular complexity index is 450. The van der Waals surface area contributed by atoms with E-state index < -0.39 is 11.9 Å². The number of hydrogen-bond acceptors (Lipinski definition) is 4. The van der Waals surface area contributed by atoms with Gasteiger partial charge < -0.3 is 21.1 Å². The van der Waals surface area contributed by atoms with Crippen LogP contribution in [0, 0.1) is 0 Å². The third-order valence-corrected chi connectivity index (χ3v) is 3.02. The number of carbonyl (C=O) groups excluding carboxylic acids is 2. The molecular formula is C14H21N3O3. The molecule has 0 spiro atoms. The van der Waals surface area contributed by atoms with E-state index in [0.29, 0.717) is 0 Å². The normalized spacial score (nSPS) is 13.6. The summed E-state index contributed by atoms with van der Waals surface area (Å²) < 4.78 is 4.88. The summed E-state index contributed by atoms with van der Waals surface area (Å²) in [7, 11) is 1.46. The van der Waals surface area contributed by atoms with Gasteiger partial charge in [-0.1, -0.05) is 30.3 Å². The van der Waals surface area contributed by atoms with Crippen molar-refractivity contribution in [1.82, 2.24) is 4.90 Å². The minimum atomic E-state index is -0.814. The first-order chi connectivity index (χ1) is 9.47. The second-order valence-corrected chi connectivity index (χ2v) is 4.58. The largest absolute Gasteiger partial charge is 0.383 e. The molecule has 0 aliphatic rings. The minimum absolute atomic E-state index is 0.0929. The van der Waals surface area contributed by atoms with Crippen molar-refractivity contribution in [1.29, 1.82) is 0 Å². The highest BCUT2D eigenvalue weighted by molar-refractivity contribution is 5.87. The van der Waals surface area contributed by atoms with Crippen molar-refractivity contribution in [3.63, 3.8) is 0 Å². The molecule has 6 heteroatoms. The Labute approximate surface area is 118 Å². The van der Waals surface area contributed by atoms with Crippen LogP contribution in [0.1, 0.15) is 18.5 Å². The van der Waals surface area contributed by atoms with Gasteiger partial charge in [0.15, 0.2) is 0 Å². The van der Waals surface area contributed by atoms with Crippen LogP contribution in [-0.4, -0.2) is 43.0 Å². The standard InChI is InChI=1S/C14H21N3O3/c1-10(11-6-4-3-5-7-11)17(8-13(16)18)14(19)12(15)9-20-2/h3-7,10,12H,8-9,15H2,1-2H3,(H2,16,18)/t10-,12?/m1/s1. The van der Waals surface area contributed by atoms with Crippen LogP contribution in [0.5, 0.6) is 0 Å². The molecule has 0 saturated carbocycles. The number of amides is 2. The molecular weight excluding hydrogens is 258 g/mol. The smallest absolute Gasteiger partial charge is 0.242 e. The summed E-state index contributed by atoms with van der Waals surface area (Å²) in [4.78, 5) is 24.9. The Morgan fingerprint density at radius 1 is 1.30 bits per heavy atom. The van der Waals surface area contributed by atoms with E-state index in [2.05, 4.69) is 0 Å². The van der Waals surface area contributed by atoms with Crippen LogP contribution in [0.3, 0.4) is 0 Å². The zero-order valence-corrected chi connectivity index (χ0v) is 11.8. The van der Waals surface area contributed by atoms with Crippen LogP contribution in [0.15, 0.2) is 30.3 Å². The van der Waals surface area contributed by atoms with Crippen molar-refractivity contribution >= 4 is 11.8 Å². The Morgan fingerprint density at radius 3 is 2.40 bits per heavy atom. The maximum absolute atomic E-state index is 12.3. The molecule has 1 rings (SSSR count). The summed E-state index contributed by atoms with van der Waals surface area (Å²) in [5.41, 5.74) is 11.9. The van der Waals surface area contributed by atoms with E-state index in [4.69, 9.17) is 16.2 Å². The van der Waals surface area contributed by atoms with Crippen molar-refractivity contribution in [3.8, 4) is 0 Å². The first-order valence-corrected chi connectivity index (χ1v) is 6.35. The van der Waals surface area contributed by atoms with E-state index >= 15 is 0 Å². The van der Waals surface area contributed by atoms with Crippen LogP contribution in [-0.2, 0) is 14.3 Å². The highest BCUT2D eigenvalue weighted by atomic mass is 16.5. The topological polar surface area (TPSA) is 98.7 Å². The molecule has 2 atom stereocenters. The first-order valence-electron chi connectivity index (χ1n) is 6.35. The van der Waals surface area contributed by atoms with Gasteiger partial charge in [-0.3, -0.25) is 9.59 Å². The second kappa shape index (κ2) is 7.62. The van der Waals surface area contributed by atoms with Crippen molar-refractivity contribution < 1.29 is 14.3 Å². The number of hydrogen-bond donors (Lipinski definition) is 2. The average molecular weight is 279 g/mol. The molecule has 4 N–H and O–H groups in total. The van der Waals surface area contributed by atoms with E-state index in [1.807, 2.05) is 37.3 Å². The van der Waals surface area contributed by atoms with Gasteiger partial charge in [-0.2, -0.15) is 0 Å². The minimum Gasteiger partial charge on any atom is -0.383 e. The molecule has 6 nitrogen and oxygen atoms in total. The van der Waals surface area contributed by atoms with E-state index in [1.54, 1.807) is 0 Å². The summed E-state index contributed by atoms with van der Waals surface area (Å²) in [5, 5.41) is 0. The third kappa shape index (κ3) is 4.32. The Morgan fingerprint density at radius 2 is 1.90 bits per heavy atom. The Hall–Kier alpha value is -1.92. The zero-order chi connectivity index (χ0) is 15.1. The van der Waals surface area contributed by atoms with Gasteiger partial charge in [0, 0.05) is 7.11 Å². The number of primary amides is 1. The fourth-order valence-electron chi connectivity index (χ4n) is 1.95. The number of nitrogens with two attached hydrogens (primary N) is 2. The number of methoxy groups -OCH3 is 1. The van der Waals surface area contributed by atoms with E-state index in [0.717, 1.165) is 5.56 Å². The van der Waals surface area contributed by atoms with Crippen LogP contribution in [0.25, 0.3) is 0 Å². The lowest BCUT2D eigenvalue weighted by molar-refractivity contribution is -0.139. The fourth-order valence-corrected chi connectivity index (χ4v) is 1.95. The van der Waals surface area contributed by atoms with Crippen LogP contribution >= 0.6 is 0 Å². The third-order valence-electron chi connectivity index (χ3n) is 3.02. The molecule has 2 amide bonds. The van der Waals surface area contributed by atoms with Crippen molar-refractivity contribution in [3.05, 3.63) is 35.9 Å². The van der Waals surface area contributed by atoms with Gasteiger partial charge in [-0.25, -0.2) is 0 Å². The molecule has 0 aliphatic heterocycles. The van der Waals surface area contributed by atoms with Gasteiger partial charge in [-0.05, 0) is 12.5 Å². The first kappa shape index (κ1) is 16.1. The average Bonchev–Trinajstić information content (AvgIpc) is 2.44. The van der Waals surface area contributed by atoms with Crippen LogP contribution in [0.2, 0.25) is 0 Å². The lowest BCUT2D eigenvalue weighted by atomic mass is 10.1. The molecule has 0 radical (unpaired) electrons. The van der Waals surface area contributed by atoms with Gasteiger partial charge in [0.05, 0.1) is 19.2 Å². The molecule has 1 aromatic carbocycles.